The molecule has 9 heteroatoms. The number of hydrogen-bond acceptors (Lipinski definition) is 6. The summed E-state index contributed by atoms with van der Waals surface area (Å²) in [5.74, 6) is 0.311. The zero-order valence-corrected chi connectivity index (χ0v) is 20.6. The van der Waals surface area contributed by atoms with Gasteiger partial charge in [0, 0.05) is 34.5 Å². The number of ether oxygens (including phenoxy) is 1. The monoisotopic (exact) mass is 492 g/mol. The number of fused-ring (bicyclic) bond motifs is 1. The molecule has 1 aliphatic heterocycles. The summed E-state index contributed by atoms with van der Waals surface area (Å²) in [5, 5.41) is 4.88. The number of pyridine rings is 1. The van der Waals surface area contributed by atoms with Gasteiger partial charge in [-0.1, -0.05) is 11.6 Å². The van der Waals surface area contributed by atoms with Gasteiger partial charge in [0.05, 0.1) is 36.3 Å². The number of aromatic nitrogens is 5. The average Bonchev–Trinajstić information content (AvgIpc) is 3.55. The Morgan fingerprint density at radius 1 is 1.03 bits per heavy atom. The summed E-state index contributed by atoms with van der Waals surface area (Å²) in [6.45, 7) is 7.13. The lowest BCUT2D eigenvalue weighted by Crippen LogP contribution is -2.43. The van der Waals surface area contributed by atoms with Gasteiger partial charge in [0.1, 0.15) is 23.3 Å². The van der Waals surface area contributed by atoms with E-state index in [9.17, 15) is 0 Å². The van der Waals surface area contributed by atoms with Crippen molar-refractivity contribution in [3.8, 4) is 11.1 Å². The highest BCUT2D eigenvalue weighted by molar-refractivity contribution is 6.30. The Hall–Kier alpha value is -3.10. The van der Waals surface area contributed by atoms with Crippen molar-refractivity contribution in [1.29, 1.82) is 0 Å². The molecule has 0 bridgehead atoms. The predicted molar refractivity (Wildman–Crippen MR) is 133 cm³/mol. The second-order valence-corrected chi connectivity index (χ2v) is 9.98. The molecule has 0 spiro atoms. The topological polar surface area (TPSA) is 69.0 Å². The minimum atomic E-state index is -0.406. The van der Waals surface area contributed by atoms with Crippen molar-refractivity contribution in [3.63, 3.8) is 0 Å². The molecule has 2 fully saturated rings. The van der Waals surface area contributed by atoms with Gasteiger partial charge in [0.2, 0.25) is 0 Å². The first kappa shape index (κ1) is 22.4. The van der Waals surface area contributed by atoms with E-state index in [1.807, 2.05) is 30.8 Å². The van der Waals surface area contributed by atoms with Crippen LogP contribution in [0.4, 0.5) is 10.2 Å². The Morgan fingerprint density at radius 3 is 2.60 bits per heavy atom. The second kappa shape index (κ2) is 8.53. The number of benzene rings is 1. The summed E-state index contributed by atoms with van der Waals surface area (Å²) in [6, 6.07) is 7.11. The van der Waals surface area contributed by atoms with E-state index < -0.39 is 5.82 Å². The fourth-order valence-electron chi connectivity index (χ4n) is 4.64. The highest BCUT2D eigenvalue weighted by Gasteiger charge is 2.31. The number of anilines is 1. The molecular formula is C26H26ClFN6O. The van der Waals surface area contributed by atoms with Gasteiger partial charge in [-0.2, -0.15) is 5.10 Å². The van der Waals surface area contributed by atoms with Crippen LogP contribution in [0.2, 0.25) is 5.02 Å². The van der Waals surface area contributed by atoms with E-state index in [4.69, 9.17) is 31.3 Å². The van der Waals surface area contributed by atoms with E-state index in [-0.39, 0.29) is 12.2 Å². The molecule has 1 aliphatic carbocycles. The molecule has 3 aromatic heterocycles. The Labute approximate surface area is 207 Å². The van der Waals surface area contributed by atoms with Gasteiger partial charge in [0.25, 0.3) is 0 Å². The number of aryl methyl sites for hydroxylation is 2. The van der Waals surface area contributed by atoms with Crippen LogP contribution < -0.4 is 4.90 Å². The van der Waals surface area contributed by atoms with E-state index in [2.05, 4.69) is 23.1 Å². The first-order valence-corrected chi connectivity index (χ1v) is 12.3. The third-order valence-electron chi connectivity index (χ3n) is 6.76. The van der Waals surface area contributed by atoms with E-state index >= 15 is 4.39 Å². The van der Waals surface area contributed by atoms with Crippen molar-refractivity contribution < 1.29 is 9.13 Å². The molecular weight excluding hydrogens is 467 g/mol. The zero-order valence-electron chi connectivity index (χ0n) is 19.9. The molecule has 0 unspecified atom stereocenters. The number of nitrogens with zero attached hydrogens (tertiary/aromatic N) is 6. The van der Waals surface area contributed by atoms with E-state index in [1.165, 1.54) is 18.9 Å². The summed E-state index contributed by atoms with van der Waals surface area (Å²) in [4.78, 5) is 16.5. The summed E-state index contributed by atoms with van der Waals surface area (Å²) in [6.07, 6.45) is 6.21. The van der Waals surface area contributed by atoms with Crippen LogP contribution in [-0.2, 0) is 4.74 Å². The van der Waals surface area contributed by atoms with Crippen LogP contribution >= 0.6 is 11.6 Å². The molecule has 1 saturated carbocycles. The molecule has 2 atom stereocenters. The van der Waals surface area contributed by atoms with E-state index in [1.54, 1.807) is 12.1 Å². The number of morpholine rings is 1. The van der Waals surface area contributed by atoms with Gasteiger partial charge in [-0.3, -0.25) is 4.68 Å². The smallest absolute Gasteiger partial charge is 0.181 e. The van der Waals surface area contributed by atoms with Gasteiger partial charge in [-0.05, 0) is 57.9 Å². The Bertz CT molecular complexity index is 1440. The van der Waals surface area contributed by atoms with Crippen LogP contribution in [0, 0.1) is 19.7 Å². The van der Waals surface area contributed by atoms with Crippen molar-refractivity contribution in [1.82, 2.24) is 24.7 Å². The standard InChI is InChI=1S/C26H26ClFN6O/c1-14-11-33(13-23(35-14)17-10-29-34(12-17)19-5-6-19)24-9-21(20-7-4-18(27)8-22(20)28)25-26(32-24)31-16(3)15(2)30-25/h4,7-10,12,14,19,23H,5-6,11,13H2,1-3H3/t14-,23-/m0/s1. The molecule has 0 amide bonds. The van der Waals surface area contributed by atoms with Crippen molar-refractivity contribution >= 4 is 28.6 Å². The van der Waals surface area contributed by atoms with Crippen LogP contribution in [0.25, 0.3) is 22.3 Å². The SMILES string of the molecule is Cc1nc2nc(N3C[C@@H](c4cnn(C5CC5)c4)O[C@@H](C)C3)cc(-c3ccc(Cl)cc3F)c2nc1C. The fraction of sp³-hybridized carbons (Fsp3) is 0.385. The second-order valence-electron chi connectivity index (χ2n) is 9.54. The molecule has 180 valence electrons. The molecule has 0 N–H and O–H groups in total. The van der Waals surface area contributed by atoms with Crippen LogP contribution in [0.1, 0.15) is 48.9 Å². The predicted octanol–water partition coefficient (Wildman–Crippen LogP) is 5.60. The molecule has 1 saturated heterocycles. The van der Waals surface area contributed by atoms with Gasteiger partial charge in [-0.25, -0.2) is 19.3 Å². The largest absolute Gasteiger partial charge is 0.367 e. The third kappa shape index (κ3) is 4.25. The van der Waals surface area contributed by atoms with Crippen LogP contribution in [0.3, 0.4) is 0 Å². The molecule has 1 aromatic carbocycles. The lowest BCUT2D eigenvalue weighted by molar-refractivity contribution is -0.0176. The minimum absolute atomic E-state index is 0.0166. The third-order valence-corrected chi connectivity index (χ3v) is 6.99. The number of halogens is 2. The Morgan fingerprint density at radius 2 is 1.83 bits per heavy atom. The van der Waals surface area contributed by atoms with Crippen molar-refractivity contribution in [2.45, 2.75) is 51.9 Å². The Balaban J connectivity index is 1.43. The first-order valence-electron chi connectivity index (χ1n) is 11.9. The maximum absolute atomic E-state index is 15.0. The van der Waals surface area contributed by atoms with E-state index in [0.29, 0.717) is 52.3 Å². The lowest BCUT2D eigenvalue weighted by Gasteiger charge is -2.37. The molecule has 6 rings (SSSR count). The maximum atomic E-state index is 15.0. The van der Waals surface area contributed by atoms with Crippen LogP contribution in [0.5, 0.6) is 0 Å². The summed E-state index contributed by atoms with van der Waals surface area (Å²) in [5.41, 5.74) is 4.77. The minimum Gasteiger partial charge on any atom is -0.367 e. The first-order chi connectivity index (χ1) is 16.9. The maximum Gasteiger partial charge on any atom is 0.181 e. The lowest BCUT2D eigenvalue weighted by atomic mass is 10.0. The number of hydrogen-bond donors (Lipinski definition) is 0. The normalized spacial score (nSPS) is 20.5. The van der Waals surface area contributed by atoms with Gasteiger partial charge in [-0.15, -0.1) is 0 Å². The van der Waals surface area contributed by atoms with Crippen LogP contribution in [-0.4, -0.2) is 43.9 Å². The van der Waals surface area contributed by atoms with Gasteiger partial charge < -0.3 is 9.64 Å². The zero-order chi connectivity index (χ0) is 24.3. The average molecular weight is 493 g/mol. The van der Waals surface area contributed by atoms with Gasteiger partial charge >= 0.3 is 0 Å². The quantitative estimate of drug-likeness (QED) is 0.369. The summed E-state index contributed by atoms with van der Waals surface area (Å²) in [7, 11) is 0. The highest BCUT2D eigenvalue weighted by atomic mass is 35.5. The van der Waals surface area contributed by atoms with Gasteiger partial charge in [0.15, 0.2) is 5.65 Å². The number of rotatable bonds is 4. The molecule has 4 heterocycles. The molecule has 4 aromatic rings. The van der Waals surface area contributed by atoms with E-state index in [0.717, 1.165) is 17.0 Å². The van der Waals surface area contributed by atoms with Crippen molar-refractivity contribution in [2.24, 2.45) is 0 Å². The highest BCUT2D eigenvalue weighted by Crippen LogP contribution is 2.37. The molecule has 0 radical (unpaired) electrons. The van der Waals surface area contributed by atoms with Crippen LogP contribution in [0.15, 0.2) is 36.7 Å². The molecule has 2 aliphatic rings. The molecule has 7 nitrogen and oxygen atoms in total. The van der Waals surface area contributed by atoms with Crippen molar-refractivity contribution in [2.75, 3.05) is 18.0 Å². The molecule has 35 heavy (non-hydrogen) atoms. The summed E-state index contributed by atoms with van der Waals surface area (Å²) >= 11 is 6.03. The van der Waals surface area contributed by atoms with Crippen molar-refractivity contribution in [3.05, 3.63) is 64.5 Å². The fourth-order valence-corrected chi connectivity index (χ4v) is 4.80. The Kier molecular flexibility index (Phi) is 5.45. The summed E-state index contributed by atoms with van der Waals surface area (Å²) < 4.78 is 23.4.